The number of thioether (sulfide) groups is 1. The number of ether oxygens (including phenoxy) is 1. The van der Waals surface area contributed by atoms with Gasteiger partial charge in [0.25, 0.3) is 5.91 Å². The Morgan fingerprint density at radius 2 is 1.46 bits per heavy atom. The molecule has 1 aliphatic rings. The van der Waals surface area contributed by atoms with Gasteiger partial charge in [0.2, 0.25) is 11.7 Å². The molecule has 2 amide bonds. The van der Waals surface area contributed by atoms with E-state index in [2.05, 4.69) is 29.6 Å². The van der Waals surface area contributed by atoms with Gasteiger partial charge in [-0.1, -0.05) is 72.8 Å². The monoisotopic (exact) mass is 486 g/mol. The number of anilines is 1. The minimum atomic E-state index is -0.237. The lowest BCUT2D eigenvalue weighted by atomic mass is 10.0. The van der Waals surface area contributed by atoms with Gasteiger partial charge < -0.3 is 19.4 Å². The lowest BCUT2D eigenvalue weighted by molar-refractivity contribution is -0.113. The van der Waals surface area contributed by atoms with Crippen LogP contribution in [0.25, 0.3) is 11.0 Å². The number of nitrogens with zero attached hydrogens (tertiary/aromatic N) is 1. The van der Waals surface area contributed by atoms with Gasteiger partial charge in [-0.05, 0) is 23.3 Å². The molecule has 0 aliphatic carbocycles. The molecule has 1 aliphatic heterocycles. The molecule has 3 aromatic carbocycles. The number of morpholine rings is 1. The van der Waals surface area contributed by atoms with E-state index in [1.54, 1.807) is 22.7 Å². The minimum absolute atomic E-state index is 0.0127. The first-order valence-electron chi connectivity index (χ1n) is 11.6. The van der Waals surface area contributed by atoms with E-state index >= 15 is 0 Å². The first-order chi connectivity index (χ1) is 17.2. The second-order valence-electron chi connectivity index (χ2n) is 8.27. The second kappa shape index (κ2) is 10.8. The van der Waals surface area contributed by atoms with Crippen LogP contribution in [0.2, 0.25) is 0 Å². The summed E-state index contributed by atoms with van der Waals surface area (Å²) in [4.78, 5) is 28.1. The Bertz CT molecular complexity index is 1260. The summed E-state index contributed by atoms with van der Waals surface area (Å²) in [6.45, 7) is 1.97. The first-order valence-corrected chi connectivity index (χ1v) is 12.7. The van der Waals surface area contributed by atoms with E-state index in [0.717, 1.165) is 11.1 Å². The number of fused-ring (bicyclic) bond motifs is 1. The standard InChI is InChI=1S/C28H26N2O4S/c31-24(19-35-27(20-9-3-1-4-10-20)21-11-5-2-6-12-21)29-25-22-13-7-8-14-23(22)34-26(25)28(32)30-15-17-33-18-16-30/h1-14,27H,15-19H2,(H,29,31). The number of hydrogen-bond donors (Lipinski definition) is 1. The maximum Gasteiger partial charge on any atom is 0.291 e. The Kier molecular flexibility index (Phi) is 7.16. The van der Waals surface area contributed by atoms with Crippen LogP contribution in [-0.2, 0) is 9.53 Å². The van der Waals surface area contributed by atoms with Crippen LogP contribution >= 0.6 is 11.8 Å². The number of amides is 2. The highest BCUT2D eigenvalue weighted by molar-refractivity contribution is 8.00. The van der Waals surface area contributed by atoms with Crippen LogP contribution in [0.1, 0.15) is 26.9 Å². The number of para-hydroxylation sites is 1. The Morgan fingerprint density at radius 1 is 0.857 bits per heavy atom. The SMILES string of the molecule is O=C(CSC(c1ccccc1)c1ccccc1)Nc1c(C(=O)N2CCOCC2)oc2ccccc12. The summed E-state index contributed by atoms with van der Waals surface area (Å²) in [7, 11) is 0. The summed E-state index contributed by atoms with van der Waals surface area (Å²) >= 11 is 1.55. The predicted octanol–water partition coefficient (Wildman–Crippen LogP) is 5.37. The van der Waals surface area contributed by atoms with Crippen LogP contribution in [-0.4, -0.2) is 48.8 Å². The molecule has 0 bridgehead atoms. The molecule has 35 heavy (non-hydrogen) atoms. The molecule has 7 heteroatoms. The van der Waals surface area contributed by atoms with Gasteiger partial charge in [0.05, 0.1) is 24.2 Å². The molecule has 4 aromatic rings. The van der Waals surface area contributed by atoms with E-state index in [9.17, 15) is 9.59 Å². The lowest BCUT2D eigenvalue weighted by Crippen LogP contribution is -2.40. The van der Waals surface area contributed by atoms with Crippen molar-refractivity contribution in [3.63, 3.8) is 0 Å². The van der Waals surface area contributed by atoms with Crippen molar-refractivity contribution in [3.05, 3.63) is 102 Å². The molecule has 178 valence electrons. The van der Waals surface area contributed by atoms with E-state index in [1.807, 2.05) is 54.6 Å². The molecule has 1 N–H and O–H groups in total. The van der Waals surface area contributed by atoms with Crippen LogP contribution in [0.4, 0.5) is 5.69 Å². The number of rotatable bonds is 7. The molecule has 0 atom stereocenters. The van der Waals surface area contributed by atoms with Crippen LogP contribution in [0, 0.1) is 0 Å². The van der Waals surface area contributed by atoms with Crippen LogP contribution < -0.4 is 5.32 Å². The van der Waals surface area contributed by atoms with Gasteiger partial charge in [-0.2, -0.15) is 0 Å². The highest BCUT2D eigenvalue weighted by atomic mass is 32.2. The number of carbonyl (C=O) groups is 2. The summed E-state index contributed by atoms with van der Waals surface area (Å²) in [5, 5.41) is 3.71. The average Bonchev–Trinajstić information content (AvgIpc) is 3.28. The second-order valence-corrected chi connectivity index (χ2v) is 9.36. The Labute approximate surface area is 208 Å². The molecule has 0 spiro atoms. The third-order valence-corrected chi connectivity index (χ3v) is 7.24. The molecule has 0 saturated carbocycles. The number of benzene rings is 3. The van der Waals surface area contributed by atoms with Crippen LogP contribution in [0.3, 0.4) is 0 Å². The zero-order valence-electron chi connectivity index (χ0n) is 19.2. The van der Waals surface area contributed by atoms with Crippen molar-refractivity contribution >= 4 is 40.2 Å². The fourth-order valence-corrected chi connectivity index (χ4v) is 5.29. The van der Waals surface area contributed by atoms with Gasteiger partial charge in [0.15, 0.2) is 0 Å². The lowest BCUT2D eigenvalue weighted by Gasteiger charge is -2.26. The largest absolute Gasteiger partial charge is 0.449 e. The van der Waals surface area contributed by atoms with Gasteiger partial charge in [0.1, 0.15) is 11.3 Å². The molecule has 0 unspecified atom stereocenters. The summed E-state index contributed by atoms with van der Waals surface area (Å²) in [6, 6.07) is 27.7. The summed E-state index contributed by atoms with van der Waals surface area (Å²) < 4.78 is 11.3. The van der Waals surface area contributed by atoms with Crippen molar-refractivity contribution in [1.29, 1.82) is 0 Å². The molecule has 5 rings (SSSR count). The van der Waals surface area contributed by atoms with Crippen molar-refractivity contribution < 1.29 is 18.7 Å². The summed E-state index contributed by atoms with van der Waals surface area (Å²) in [5.41, 5.74) is 3.26. The summed E-state index contributed by atoms with van der Waals surface area (Å²) in [5.74, 6) is -0.0402. The van der Waals surface area contributed by atoms with Gasteiger partial charge in [-0.25, -0.2) is 0 Å². The smallest absolute Gasteiger partial charge is 0.291 e. The zero-order valence-corrected chi connectivity index (χ0v) is 20.0. The molecule has 0 radical (unpaired) electrons. The number of carbonyl (C=O) groups excluding carboxylic acids is 2. The van der Waals surface area contributed by atoms with E-state index in [4.69, 9.17) is 9.15 Å². The molecule has 2 heterocycles. The van der Waals surface area contributed by atoms with E-state index < -0.39 is 0 Å². The Balaban J connectivity index is 1.37. The minimum Gasteiger partial charge on any atom is -0.449 e. The Hall–Kier alpha value is -3.55. The first kappa shape index (κ1) is 23.2. The van der Waals surface area contributed by atoms with Gasteiger partial charge in [0, 0.05) is 18.5 Å². The molecular weight excluding hydrogens is 460 g/mol. The third kappa shape index (κ3) is 5.26. The average molecular weight is 487 g/mol. The number of nitrogens with one attached hydrogen (secondary N) is 1. The molecular formula is C28H26N2O4S. The topological polar surface area (TPSA) is 71.8 Å². The van der Waals surface area contributed by atoms with E-state index in [1.165, 1.54) is 0 Å². The highest BCUT2D eigenvalue weighted by Gasteiger charge is 2.28. The normalized spacial score (nSPS) is 13.8. The summed E-state index contributed by atoms with van der Waals surface area (Å²) in [6.07, 6.45) is 0. The zero-order chi connectivity index (χ0) is 24.0. The fourth-order valence-electron chi connectivity index (χ4n) is 4.21. The predicted molar refractivity (Wildman–Crippen MR) is 139 cm³/mol. The molecule has 1 fully saturated rings. The van der Waals surface area contributed by atoms with Gasteiger partial charge >= 0.3 is 0 Å². The highest BCUT2D eigenvalue weighted by Crippen LogP contribution is 2.36. The van der Waals surface area contributed by atoms with Crippen molar-refractivity contribution in [2.75, 3.05) is 37.4 Å². The van der Waals surface area contributed by atoms with Crippen molar-refractivity contribution in [2.24, 2.45) is 0 Å². The molecule has 6 nitrogen and oxygen atoms in total. The fraction of sp³-hybridized carbons (Fsp3) is 0.214. The quantitative estimate of drug-likeness (QED) is 0.380. The van der Waals surface area contributed by atoms with E-state index in [0.29, 0.717) is 43.0 Å². The van der Waals surface area contributed by atoms with Crippen molar-refractivity contribution in [3.8, 4) is 0 Å². The molecule has 1 aromatic heterocycles. The number of furan rings is 1. The van der Waals surface area contributed by atoms with Crippen molar-refractivity contribution in [2.45, 2.75) is 5.25 Å². The van der Waals surface area contributed by atoms with Crippen LogP contribution in [0.15, 0.2) is 89.3 Å². The Morgan fingerprint density at radius 3 is 2.11 bits per heavy atom. The molecule has 1 saturated heterocycles. The van der Waals surface area contributed by atoms with Gasteiger partial charge in [-0.3, -0.25) is 9.59 Å². The number of hydrogen-bond acceptors (Lipinski definition) is 5. The van der Waals surface area contributed by atoms with E-state index in [-0.39, 0.29) is 28.6 Å². The maximum atomic E-state index is 13.2. The third-order valence-electron chi connectivity index (χ3n) is 5.94. The van der Waals surface area contributed by atoms with Crippen molar-refractivity contribution in [1.82, 2.24) is 4.90 Å². The van der Waals surface area contributed by atoms with Crippen LogP contribution in [0.5, 0.6) is 0 Å². The van der Waals surface area contributed by atoms with Gasteiger partial charge in [-0.15, -0.1) is 11.8 Å². The maximum absolute atomic E-state index is 13.2.